The van der Waals surface area contributed by atoms with E-state index in [2.05, 4.69) is 5.10 Å². The van der Waals surface area contributed by atoms with Gasteiger partial charge < -0.3 is 10.0 Å². The summed E-state index contributed by atoms with van der Waals surface area (Å²) in [5.74, 6) is -1.34. The highest BCUT2D eigenvalue weighted by Crippen LogP contribution is 2.27. The Balaban J connectivity index is 2.37. The van der Waals surface area contributed by atoms with Gasteiger partial charge in [-0.3, -0.25) is 14.3 Å². The summed E-state index contributed by atoms with van der Waals surface area (Å²) < 4.78 is 1.57. The lowest BCUT2D eigenvalue weighted by atomic mass is 10.2. The third-order valence-corrected chi connectivity index (χ3v) is 3.69. The van der Waals surface area contributed by atoms with Crippen molar-refractivity contribution in [3.63, 3.8) is 0 Å². The summed E-state index contributed by atoms with van der Waals surface area (Å²) in [6.07, 6.45) is 1.63. The van der Waals surface area contributed by atoms with Crippen LogP contribution in [0.2, 0.25) is 0 Å². The molecule has 0 atom stereocenters. The number of thiophene rings is 1. The largest absolute Gasteiger partial charge is 0.480 e. The molecule has 1 N–H and O–H groups in total. The smallest absolute Gasteiger partial charge is 0.323 e. The minimum atomic E-state index is -1.03. The van der Waals surface area contributed by atoms with Crippen LogP contribution >= 0.6 is 11.3 Å². The molecule has 0 unspecified atom stereocenters. The van der Waals surface area contributed by atoms with E-state index in [-0.39, 0.29) is 12.5 Å². The highest BCUT2D eigenvalue weighted by Gasteiger charge is 2.23. The number of hydrogen-bond donors (Lipinski definition) is 1. The van der Waals surface area contributed by atoms with E-state index < -0.39 is 5.97 Å². The second-order valence-corrected chi connectivity index (χ2v) is 5.20. The van der Waals surface area contributed by atoms with Crippen LogP contribution in [-0.2, 0) is 11.8 Å². The van der Waals surface area contributed by atoms with E-state index in [4.69, 9.17) is 5.11 Å². The molecule has 0 fully saturated rings. The predicted molar refractivity (Wildman–Crippen MR) is 75.7 cm³/mol. The number of aryl methyl sites for hydroxylation is 1. The SMILES string of the molecule is CCN(CC(=O)O)C(=O)c1cn(C)nc1-c1cccs1. The van der Waals surface area contributed by atoms with Crippen LogP contribution in [0, 0.1) is 0 Å². The molecule has 2 aromatic heterocycles. The Kier molecular flexibility index (Phi) is 4.19. The molecule has 7 heteroatoms. The van der Waals surface area contributed by atoms with Gasteiger partial charge in [-0.25, -0.2) is 0 Å². The summed E-state index contributed by atoms with van der Waals surface area (Å²) in [5.41, 5.74) is 1.02. The summed E-state index contributed by atoms with van der Waals surface area (Å²) in [6.45, 7) is 1.78. The van der Waals surface area contributed by atoms with Gasteiger partial charge in [0.1, 0.15) is 12.2 Å². The third-order valence-electron chi connectivity index (χ3n) is 2.81. The van der Waals surface area contributed by atoms with Crippen molar-refractivity contribution in [1.82, 2.24) is 14.7 Å². The predicted octanol–water partition coefficient (Wildman–Crippen LogP) is 1.70. The van der Waals surface area contributed by atoms with Crippen molar-refractivity contribution in [3.8, 4) is 10.6 Å². The van der Waals surface area contributed by atoms with Gasteiger partial charge in [0.2, 0.25) is 0 Å². The van der Waals surface area contributed by atoms with Crippen LogP contribution in [0.4, 0.5) is 0 Å². The van der Waals surface area contributed by atoms with E-state index in [9.17, 15) is 9.59 Å². The van der Waals surface area contributed by atoms with Gasteiger partial charge >= 0.3 is 5.97 Å². The summed E-state index contributed by atoms with van der Waals surface area (Å²) in [7, 11) is 1.74. The van der Waals surface area contributed by atoms with Crippen LogP contribution in [-0.4, -0.2) is 44.8 Å². The molecule has 0 bridgehead atoms. The Morgan fingerprint density at radius 1 is 1.50 bits per heavy atom. The summed E-state index contributed by atoms with van der Waals surface area (Å²) >= 11 is 1.49. The first-order valence-corrected chi connectivity index (χ1v) is 6.99. The van der Waals surface area contributed by atoms with Gasteiger partial charge in [-0.15, -0.1) is 11.3 Å². The molecule has 0 aromatic carbocycles. The number of carbonyl (C=O) groups excluding carboxylic acids is 1. The Morgan fingerprint density at radius 3 is 2.80 bits per heavy atom. The van der Waals surface area contributed by atoms with Crippen LogP contribution in [0.25, 0.3) is 10.6 Å². The topological polar surface area (TPSA) is 75.4 Å². The van der Waals surface area contributed by atoms with E-state index in [0.29, 0.717) is 17.8 Å². The highest BCUT2D eigenvalue weighted by molar-refractivity contribution is 7.13. The number of rotatable bonds is 5. The second-order valence-electron chi connectivity index (χ2n) is 4.26. The van der Waals surface area contributed by atoms with Gasteiger partial charge in [0.25, 0.3) is 5.91 Å². The van der Waals surface area contributed by atoms with E-state index in [1.165, 1.54) is 16.2 Å². The van der Waals surface area contributed by atoms with Crippen molar-refractivity contribution in [3.05, 3.63) is 29.3 Å². The quantitative estimate of drug-likeness (QED) is 0.910. The van der Waals surface area contributed by atoms with Crippen molar-refractivity contribution in [1.29, 1.82) is 0 Å². The van der Waals surface area contributed by atoms with Gasteiger partial charge in [0.15, 0.2) is 0 Å². The van der Waals surface area contributed by atoms with Crippen molar-refractivity contribution in [2.75, 3.05) is 13.1 Å². The zero-order chi connectivity index (χ0) is 14.7. The molecule has 0 saturated carbocycles. The van der Waals surface area contributed by atoms with Crippen LogP contribution in [0.15, 0.2) is 23.7 Å². The second kappa shape index (κ2) is 5.87. The summed E-state index contributed by atoms with van der Waals surface area (Å²) in [5, 5.41) is 15.1. The average molecular weight is 293 g/mol. The van der Waals surface area contributed by atoms with E-state index in [1.807, 2.05) is 17.5 Å². The Hall–Kier alpha value is -2.15. The summed E-state index contributed by atoms with van der Waals surface area (Å²) in [4.78, 5) is 25.4. The number of aliphatic carboxylic acids is 1. The number of carbonyl (C=O) groups is 2. The first-order valence-electron chi connectivity index (χ1n) is 6.11. The van der Waals surface area contributed by atoms with E-state index in [0.717, 1.165) is 4.88 Å². The molecule has 20 heavy (non-hydrogen) atoms. The Bertz CT molecular complexity index is 619. The molecule has 1 amide bonds. The average Bonchev–Trinajstić information content (AvgIpc) is 3.03. The van der Waals surface area contributed by atoms with Crippen molar-refractivity contribution >= 4 is 23.2 Å². The van der Waals surface area contributed by atoms with Gasteiger partial charge in [-0.1, -0.05) is 6.07 Å². The number of likely N-dealkylation sites (N-methyl/N-ethyl adjacent to an activating group) is 1. The maximum absolute atomic E-state index is 12.5. The minimum absolute atomic E-state index is 0.311. The van der Waals surface area contributed by atoms with Crippen molar-refractivity contribution in [2.24, 2.45) is 7.05 Å². The van der Waals surface area contributed by atoms with E-state index in [1.54, 1.807) is 24.9 Å². The number of amides is 1. The number of nitrogens with zero attached hydrogens (tertiary/aromatic N) is 3. The van der Waals surface area contributed by atoms with Gasteiger partial charge in [-0.05, 0) is 18.4 Å². The minimum Gasteiger partial charge on any atom is -0.480 e. The molecule has 0 radical (unpaired) electrons. The standard InChI is InChI=1S/C13H15N3O3S/c1-3-16(8-11(17)18)13(19)9-7-15(2)14-12(9)10-5-4-6-20-10/h4-7H,3,8H2,1-2H3,(H,17,18). The molecule has 106 valence electrons. The lowest BCUT2D eigenvalue weighted by molar-refractivity contribution is -0.137. The first kappa shape index (κ1) is 14.3. The van der Waals surface area contributed by atoms with Crippen LogP contribution in [0.1, 0.15) is 17.3 Å². The van der Waals surface area contributed by atoms with Crippen LogP contribution in [0.5, 0.6) is 0 Å². The number of carboxylic acid groups (broad SMARTS) is 1. The molecular formula is C13H15N3O3S. The van der Waals surface area contributed by atoms with Crippen LogP contribution < -0.4 is 0 Å². The first-order chi connectivity index (χ1) is 9.52. The fourth-order valence-corrected chi connectivity index (χ4v) is 2.62. The summed E-state index contributed by atoms with van der Waals surface area (Å²) in [6, 6.07) is 3.77. The molecule has 6 nitrogen and oxygen atoms in total. The van der Waals surface area contributed by atoms with Gasteiger partial charge in [0.05, 0.1) is 10.4 Å². The lowest BCUT2D eigenvalue weighted by Gasteiger charge is -2.18. The normalized spacial score (nSPS) is 10.5. The fraction of sp³-hybridized carbons (Fsp3) is 0.308. The third kappa shape index (κ3) is 2.88. The van der Waals surface area contributed by atoms with Crippen molar-refractivity contribution in [2.45, 2.75) is 6.92 Å². The number of carboxylic acids is 1. The van der Waals surface area contributed by atoms with Gasteiger partial charge in [0, 0.05) is 19.8 Å². The number of aromatic nitrogens is 2. The zero-order valence-electron chi connectivity index (χ0n) is 11.2. The molecular weight excluding hydrogens is 278 g/mol. The Morgan fingerprint density at radius 2 is 2.25 bits per heavy atom. The maximum Gasteiger partial charge on any atom is 0.323 e. The monoisotopic (exact) mass is 293 g/mol. The molecule has 0 aliphatic carbocycles. The van der Waals surface area contributed by atoms with Crippen LogP contribution in [0.3, 0.4) is 0 Å². The molecule has 0 saturated heterocycles. The van der Waals surface area contributed by atoms with Gasteiger partial charge in [-0.2, -0.15) is 5.10 Å². The molecule has 0 aliphatic heterocycles. The van der Waals surface area contributed by atoms with Crippen molar-refractivity contribution < 1.29 is 14.7 Å². The lowest BCUT2D eigenvalue weighted by Crippen LogP contribution is -2.35. The Labute approximate surface area is 120 Å². The fourth-order valence-electron chi connectivity index (χ4n) is 1.90. The molecule has 0 aliphatic rings. The molecule has 2 heterocycles. The van der Waals surface area contributed by atoms with E-state index >= 15 is 0 Å². The molecule has 2 aromatic rings. The maximum atomic E-state index is 12.5. The highest BCUT2D eigenvalue weighted by atomic mass is 32.1. The zero-order valence-corrected chi connectivity index (χ0v) is 12.1. The molecule has 0 spiro atoms. The molecule has 2 rings (SSSR count). The number of hydrogen-bond acceptors (Lipinski definition) is 4.